The molecule has 0 aliphatic carbocycles. The molecule has 0 aliphatic heterocycles. The molecule has 0 heterocycles. The van der Waals surface area contributed by atoms with Crippen molar-refractivity contribution in [2.75, 3.05) is 6.54 Å². The fraction of sp³-hybridized carbons (Fsp3) is 0.455. The van der Waals surface area contributed by atoms with Crippen LogP contribution in [-0.2, 0) is 10.0 Å². The molecule has 0 radical (unpaired) electrons. The van der Waals surface area contributed by atoms with Crippen LogP contribution in [0, 0.1) is 11.2 Å². The summed E-state index contributed by atoms with van der Waals surface area (Å²) in [7, 11) is -3.75. The Labute approximate surface area is 95.7 Å². The van der Waals surface area contributed by atoms with E-state index in [0.29, 0.717) is 0 Å². The molecule has 1 rings (SSSR count). The molecule has 0 fully saturated rings. The molecule has 0 aliphatic rings. The van der Waals surface area contributed by atoms with Crippen molar-refractivity contribution >= 4 is 10.0 Å². The maximum atomic E-state index is 13.3. The number of hydrogen-bond donors (Lipinski definition) is 1. The van der Waals surface area contributed by atoms with Gasteiger partial charge in [-0.25, -0.2) is 17.5 Å². The molecule has 16 heavy (non-hydrogen) atoms. The first-order valence-corrected chi connectivity index (χ1v) is 6.45. The van der Waals surface area contributed by atoms with Crippen LogP contribution >= 0.6 is 0 Å². The zero-order valence-electron chi connectivity index (χ0n) is 9.62. The van der Waals surface area contributed by atoms with Crippen molar-refractivity contribution in [2.24, 2.45) is 5.41 Å². The van der Waals surface area contributed by atoms with Crippen LogP contribution < -0.4 is 4.72 Å². The molecule has 0 saturated heterocycles. The zero-order chi connectivity index (χ0) is 12.4. The standard InChI is InChI=1S/C11H16FNO2S/c1-11(2,3)8-13-16(14,15)10-7-5-4-6-9(10)12/h4-7,13H,8H2,1-3H3. The second-order valence-corrected chi connectivity index (χ2v) is 6.55. The molecule has 0 spiro atoms. The fourth-order valence-electron chi connectivity index (χ4n) is 1.05. The van der Waals surface area contributed by atoms with Crippen molar-refractivity contribution in [3.63, 3.8) is 0 Å². The van der Waals surface area contributed by atoms with Crippen LogP contribution in [0.4, 0.5) is 4.39 Å². The van der Waals surface area contributed by atoms with Gasteiger partial charge in [-0.2, -0.15) is 0 Å². The number of nitrogens with one attached hydrogen (secondary N) is 1. The molecule has 1 aromatic rings. The average molecular weight is 245 g/mol. The quantitative estimate of drug-likeness (QED) is 0.887. The van der Waals surface area contributed by atoms with E-state index in [1.807, 2.05) is 20.8 Å². The first-order chi connectivity index (χ1) is 7.22. The first kappa shape index (κ1) is 13.1. The SMILES string of the molecule is CC(C)(C)CNS(=O)(=O)c1ccccc1F. The molecule has 90 valence electrons. The smallest absolute Gasteiger partial charge is 0.211 e. The minimum absolute atomic E-state index is 0.182. The van der Waals surface area contributed by atoms with E-state index in [4.69, 9.17) is 0 Å². The van der Waals surface area contributed by atoms with Gasteiger partial charge in [-0.3, -0.25) is 0 Å². The predicted molar refractivity (Wildman–Crippen MR) is 61.0 cm³/mol. The lowest BCUT2D eigenvalue weighted by molar-refractivity contribution is 0.407. The maximum Gasteiger partial charge on any atom is 0.243 e. The molecule has 1 aromatic carbocycles. The van der Waals surface area contributed by atoms with Crippen molar-refractivity contribution in [3.8, 4) is 0 Å². The summed E-state index contributed by atoms with van der Waals surface area (Å²) in [6.45, 7) is 5.97. The number of rotatable bonds is 3. The van der Waals surface area contributed by atoms with Crippen LogP contribution in [0.5, 0.6) is 0 Å². The van der Waals surface area contributed by atoms with E-state index in [1.54, 1.807) is 0 Å². The van der Waals surface area contributed by atoms with Crippen molar-refractivity contribution < 1.29 is 12.8 Å². The lowest BCUT2D eigenvalue weighted by Gasteiger charge is -2.18. The number of benzene rings is 1. The van der Waals surface area contributed by atoms with Gasteiger partial charge in [0.15, 0.2) is 0 Å². The van der Waals surface area contributed by atoms with Gasteiger partial charge in [0.25, 0.3) is 0 Å². The molecule has 0 bridgehead atoms. The Morgan fingerprint density at radius 2 is 1.81 bits per heavy atom. The lowest BCUT2D eigenvalue weighted by Crippen LogP contribution is -2.32. The molecule has 1 N–H and O–H groups in total. The van der Waals surface area contributed by atoms with Gasteiger partial charge in [0.05, 0.1) is 0 Å². The second-order valence-electron chi connectivity index (χ2n) is 4.82. The van der Waals surface area contributed by atoms with Gasteiger partial charge in [0.1, 0.15) is 10.7 Å². The number of halogens is 1. The van der Waals surface area contributed by atoms with Gasteiger partial charge >= 0.3 is 0 Å². The monoisotopic (exact) mass is 245 g/mol. The van der Waals surface area contributed by atoms with Crippen LogP contribution in [0.1, 0.15) is 20.8 Å². The largest absolute Gasteiger partial charge is 0.243 e. The van der Waals surface area contributed by atoms with Gasteiger partial charge < -0.3 is 0 Å². The average Bonchev–Trinajstić information content (AvgIpc) is 2.14. The topological polar surface area (TPSA) is 46.2 Å². The highest BCUT2D eigenvalue weighted by molar-refractivity contribution is 7.89. The molecule has 5 heteroatoms. The van der Waals surface area contributed by atoms with Crippen LogP contribution in [0.25, 0.3) is 0 Å². The van der Waals surface area contributed by atoms with Crippen LogP contribution in [0.3, 0.4) is 0 Å². The van der Waals surface area contributed by atoms with E-state index in [9.17, 15) is 12.8 Å². The van der Waals surface area contributed by atoms with Crippen molar-refractivity contribution in [2.45, 2.75) is 25.7 Å². The third-order valence-electron chi connectivity index (χ3n) is 1.92. The van der Waals surface area contributed by atoms with Gasteiger partial charge in [0, 0.05) is 6.54 Å². The molecule has 0 saturated carbocycles. The Balaban J connectivity index is 2.92. The van der Waals surface area contributed by atoms with E-state index >= 15 is 0 Å². The summed E-state index contributed by atoms with van der Waals surface area (Å²) in [4.78, 5) is -0.306. The summed E-state index contributed by atoms with van der Waals surface area (Å²) >= 11 is 0. The highest BCUT2D eigenvalue weighted by atomic mass is 32.2. The fourth-order valence-corrected chi connectivity index (χ4v) is 2.41. The van der Waals surface area contributed by atoms with E-state index in [0.717, 1.165) is 6.07 Å². The Hall–Kier alpha value is -0.940. The third kappa shape index (κ3) is 3.57. The van der Waals surface area contributed by atoms with Crippen molar-refractivity contribution in [1.82, 2.24) is 4.72 Å². The van der Waals surface area contributed by atoms with Crippen molar-refractivity contribution in [3.05, 3.63) is 30.1 Å². The van der Waals surface area contributed by atoms with E-state index in [1.165, 1.54) is 18.2 Å². The molecular formula is C11H16FNO2S. The highest BCUT2D eigenvalue weighted by Crippen LogP contribution is 2.16. The molecule has 0 unspecified atom stereocenters. The number of hydrogen-bond acceptors (Lipinski definition) is 2. The highest BCUT2D eigenvalue weighted by Gasteiger charge is 2.20. The lowest BCUT2D eigenvalue weighted by atomic mass is 9.98. The first-order valence-electron chi connectivity index (χ1n) is 4.97. The summed E-state index contributed by atoms with van der Waals surface area (Å²) in [5.41, 5.74) is -0.182. The summed E-state index contributed by atoms with van der Waals surface area (Å²) in [6, 6.07) is 5.33. The van der Waals surface area contributed by atoms with Crippen LogP contribution in [0.2, 0.25) is 0 Å². The van der Waals surface area contributed by atoms with E-state index in [2.05, 4.69) is 4.72 Å². The van der Waals surface area contributed by atoms with Gasteiger partial charge in [-0.1, -0.05) is 32.9 Å². The second kappa shape index (κ2) is 4.51. The Bertz CT molecular complexity index is 463. The molecule has 0 aromatic heterocycles. The normalized spacial score (nSPS) is 12.8. The van der Waals surface area contributed by atoms with E-state index < -0.39 is 15.8 Å². The van der Waals surface area contributed by atoms with Gasteiger partial charge in [-0.15, -0.1) is 0 Å². The van der Waals surface area contributed by atoms with Crippen LogP contribution in [0.15, 0.2) is 29.2 Å². The summed E-state index contributed by atoms with van der Waals surface area (Å²) in [5, 5.41) is 0. The van der Waals surface area contributed by atoms with E-state index in [-0.39, 0.29) is 16.9 Å². The summed E-state index contributed by atoms with van der Waals surface area (Å²) in [5.74, 6) is -0.732. The Morgan fingerprint density at radius 1 is 1.25 bits per heavy atom. The molecule has 3 nitrogen and oxygen atoms in total. The molecule has 0 amide bonds. The third-order valence-corrected chi connectivity index (χ3v) is 3.35. The summed E-state index contributed by atoms with van der Waals surface area (Å²) < 4.78 is 39.2. The summed E-state index contributed by atoms with van der Waals surface area (Å²) in [6.07, 6.45) is 0. The maximum absolute atomic E-state index is 13.3. The zero-order valence-corrected chi connectivity index (χ0v) is 10.4. The predicted octanol–water partition coefficient (Wildman–Crippen LogP) is 2.15. The van der Waals surface area contributed by atoms with Crippen molar-refractivity contribution in [1.29, 1.82) is 0 Å². The Morgan fingerprint density at radius 3 is 2.31 bits per heavy atom. The minimum Gasteiger partial charge on any atom is -0.211 e. The number of sulfonamides is 1. The van der Waals surface area contributed by atoms with Gasteiger partial charge in [-0.05, 0) is 17.5 Å². The Kier molecular flexibility index (Phi) is 3.70. The molecule has 0 atom stereocenters. The van der Waals surface area contributed by atoms with Gasteiger partial charge in [0.2, 0.25) is 10.0 Å². The molecular weight excluding hydrogens is 229 g/mol. The van der Waals surface area contributed by atoms with Crippen LogP contribution in [-0.4, -0.2) is 15.0 Å². The minimum atomic E-state index is -3.75.